The average Bonchev–Trinajstić information content (AvgIpc) is 2.94. The normalized spacial score (nSPS) is 12.8. The highest BCUT2D eigenvalue weighted by Gasteiger charge is 2.33. The van der Waals surface area contributed by atoms with Crippen LogP contribution in [-0.2, 0) is 26.2 Å². The van der Waals surface area contributed by atoms with Gasteiger partial charge in [0.2, 0.25) is 11.8 Å². The summed E-state index contributed by atoms with van der Waals surface area (Å²) in [6.45, 7) is 4.85. The molecule has 0 radical (unpaired) electrons. The van der Waals surface area contributed by atoms with Gasteiger partial charge in [0.15, 0.2) is 0 Å². The van der Waals surface area contributed by atoms with Gasteiger partial charge in [-0.2, -0.15) is 0 Å². The Hall–Kier alpha value is -3.44. The first-order valence-corrected chi connectivity index (χ1v) is 15.0. The second-order valence-electron chi connectivity index (χ2n) is 9.31. The van der Waals surface area contributed by atoms with Crippen LogP contribution < -0.4 is 14.4 Å². The molecule has 2 amide bonds. The number of anilines is 1. The second kappa shape index (κ2) is 13.8. The highest BCUT2D eigenvalue weighted by Crippen LogP contribution is 2.26. The van der Waals surface area contributed by atoms with Crippen LogP contribution in [0.1, 0.15) is 32.8 Å². The lowest BCUT2D eigenvalue weighted by Crippen LogP contribution is -2.52. The van der Waals surface area contributed by atoms with Crippen molar-refractivity contribution in [3.63, 3.8) is 0 Å². The molecule has 3 aromatic rings. The largest absolute Gasteiger partial charge is 0.497 e. The van der Waals surface area contributed by atoms with Gasteiger partial charge < -0.3 is 15.0 Å². The number of benzene rings is 3. The molecule has 3 aromatic carbocycles. The van der Waals surface area contributed by atoms with E-state index >= 15 is 0 Å². The Bertz CT molecular complexity index is 1420. The van der Waals surface area contributed by atoms with Crippen LogP contribution in [0, 0.1) is 5.82 Å². The maximum absolute atomic E-state index is 13.9. The van der Waals surface area contributed by atoms with Gasteiger partial charge in [0, 0.05) is 17.1 Å². The number of carbonyl (C=O) groups is 2. The summed E-state index contributed by atoms with van der Waals surface area (Å²) in [5.74, 6) is -1.05. The minimum atomic E-state index is -4.27. The average molecular weight is 635 g/mol. The summed E-state index contributed by atoms with van der Waals surface area (Å²) >= 11 is 3.43. The van der Waals surface area contributed by atoms with Gasteiger partial charge in [-0.15, -0.1) is 0 Å². The molecule has 1 N–H and O–H groups in total. The fraction of sp³-hybridized carbons (Fsp3) is 0.310. The maximum atomic E-state index is 13.9. The first-order chi connectivity index (χ1) is 19.0. The quantitative estimate of drug-likeness (QED) is 0.299. The summed E-state index contributed by atoms with van der Waals surface area (Å²) in [7, 11) is -2.81. The van der Waals surface area contributed by atoms with Crippen molar-refractivity contribution in [1.29, 1.82) is 0 Å². The molecule has 0 aromatic heterocycles. The molecule has 0 aliphatic carbocycles. The van der Waals surface area contributed by atoms with Gasteiger partial charge in [-0.05, 0) is 86.5 Å². The highest BCUT2D eigenvalue weighted by molar-refractivity contribution is 9.10. The smallest absolute Gasteiger partial charge is 0.264 e. The van der Waals surface area contributed by atoms with Gasteiger partial charge in [-0.25, -0.2) is 12.8 Å². The summed E-state index contributed by atoms with van der Waals surface area (Å²) in [6, 6.07) is 16.9. The number of methoxy groups -OCH3 is 1. The Balaban J connectivity index is 2.02. The number of amides is 2. The summed E-state index contributed by atoms with van der Waals surface area (Å²) in [5, 5.41) is 2.89. The van der Waals surface area contributed by atoms with E-state index in [0.717, 1.165) is 26.5 Å². The van der Waals surface area contributed by atoms with Crippen LogP contribution in [-0.4, -0.2) is 50.9 Å². The van der Waals surface area contributed by atoms with Crippen molar-refractivity contribution < 1.29 is 27.1 Å². The number of ether oxygens (including phenoxy) is 1. The lowest BCUT2D eigenvalue weighted by Gasteiger charge is -2.32. The monoisotopic (exact) mass is 633 g/mol. The second-order valence-corrected chi connectivity index (χ2v) is 12.1. The number of nitrogens with one attached hydrogen (secondary N) is 1. The van der Waals surface area contributed by atoms with Crippen molar-refractivity contribution in [1.82, 2.24) is 10.2 Å². The predicted molar refractivity (Wildman–Crippen MR) is 156 cm³/mol. The Morgan fingerprint density at radius 1 is 1.02 bits per heavy atom. The lowest BCUT2D eigenvalue weighted by atomic mass is 10.1. The zero-order valence-electron chi connectivity index (χ0n) is 22.8. The molecule has 0 spiro atoms. The van der Waals surface area contributed by atoms with E-state index in [4.69, 9.17) is 4.74 Å². The first kappa shape index (κ1) is 31.1. The Morgan fingerprint density at radius 2 is 1.68 bits per heavy atom. The van der Waals surface area contributed by atoms with Crippen molar-refractivity contribution in [2.75, 3.05) is 18.0 Å². The van der Waals surface area contributed by atoms with Crippen molar-refractivity contribution in [3.05, 3.63) is 88.6 Å². The summed E-state index contributed by atoms with van der Waals surface area (Å²) in [6.07, 6.45) is 0.705. The Labute approximate surface area is 243 Å². The van der Waals surface area contributed by atoms with Gasteiger partial charge in [0.25, 0.3) is 10.0 Å². The third-order valence-electron chi connectivity index (χ3n) is 6.45. The molecule has 40 heavy (non-hydrogen) atoms. The minimum Gasteiger partial charge on any atom is -0.497 e. The zero-order chi connectivity index (χ0) is 29.4. The molecule has 0 saturated carbocycles. The molecule has 2 atom stereocenters. The number of hydrogen-bond donors (Lipinski definition) is 1. The summed E-state index contributed by atoms with van der Waals surface area (Å²) in [4.78, 5) is 28.3. The number of carbonyl (C=O) groups excluding carboxylic acids is 2. The van der Waals surface area contributed by atoms with Crippen LogP contribution in [0.25, 0.3) is 0 Å². The molecule has 11 heteroatoms. The van der Waals surface area contributed by atoms with E-state index in [9.17, 15) is 22.4 Å². The van der Waals surface area contributed by atoms with Gasteiger partial charge in [-0.1, -0.05) is 35.0 Å². The van der Waals surface area contributed by atoms with Gasteiger partial charge in [0.05, 0.1) is 17.7 Å². The van der Waals surface area contributed by atoms with Crippen LogP contribution in [0.5, 0.6) is 5.75 Å². The fourth-order valence-electron chi connectivity index (χ4n) is 3.89. The van der Waals surface area contributed by atoms with Gasteiger partial charge in [-0.3, -0.25) is 13.9 Å². The van der Waals surface area contributed by atoms with Crippen LogP contribution in [0.15, 0.2) is 82.2 Å². The molecule has 0 bridgehead atoms. The highest BCUT2D eigenvalue weighted by atomic mass is 79.9. The SMILES string of the molecule is CCC(C)NC(=O)C(C)N(Cc1cccc(Br)c1)C(=O)CN(c1ccc(F)cc1)S(=O)(=O)c1ccc(OC)cc1. The molecule has 214 valence electrons. The topological polar surface area (TPSA) is 96.0 Å². The summed E-state index contributed by atoms with van der Waals surface area (Å²) in [5.41, 5.74) is 0.849. The number of sulfonamides is 1. The first-order valence-electron chi connectivity index (χ1n) is 12.7. The molecular weight excluding hydrogens is 601 g/mol. The predicted octanol–water partition coefficient (Wildman–Crippen LogP) is 5.12. The maximum Gasteiger partial charge on any atom is 0.264 e. The summed E-state index contributed by atoms with van der Waals surface area (Å²) < 4.78 is 48.2. The molecule has 0 fully saturated rings. The standard InChI is InChI=1S/C29H33BrFN3O5S/c1-5-20(2)32-29(36)21(3)33(18-22-7-6-8-23(30)17-22)28(35)19-34(25-11-9-24(31)10-12-25)40(37,38)27-15-13-26(39-4)14-16-27/h6-17,20-21H,5,18-19H2,1-4H3,(H,32,36). The minimum absolute atomic E-state index is 0.0627. The number of rotatable bonds is 12. The number of nitrogens with zero attached hydrogens (tertiary/aromatic N) is 2. The van der Waals surface area contributed by atoms with Crippen LogP contribution in [0.4, 0.5) is 10.1 Å². The molecule has 0 saturated heterocycles. The molecule has 8 nitrogen and oxygen atoms in total. The van der Waals surface area contributed by atoms with Gasteiger partial charge >= 0.3 is 0 Å². The third kappa shape index (κ3) is 7.82. The number of halogens is 2. The van der Waals surface area contributed by atoms with E-state index in [2.05, 4.69) is 21.2 Å². The van der Waals surface area contributed by atoms with E-state index < -0.39 is 34.3 Å². The molecule has 0 aliphatic rings. The third-order valence-corrected chi connectivity index (χ3v) is 8.73. The van der Waals surface area contributed by atoms with Crippen molar-refractivity contribution >= 4 is 43.5 Å². The van der Waals surface area contributed by atoms with Crippen LogP contribution in [0.3, 0.4) is 0 Å². The van der Waals surface area contributed by atoms with E-state index in [1.54, 1.807) is 6.92 Å². The lowest BCUT2D eigenvalue weighted by molar-refractivity contribution is -0.139. The van der Waals surface area contributed by atoms with Crippen LogP contribution >= 0.6 is 15.9 Å². The zero-order valence-corrected chi connectivity index (χ0v) is 25.2. The molecular formula is C29H33BrFN3O5S. The molecule has 2 unspecified atom stereocenters. The molecule has 0 heterocycles. The van der Waals surface area contributed by atoms with E-state index in [1.165, 1.54) is 48.4 Å². The fourth-order valence-corrected chi connectivity index (χ4v) is 5.75. The Kier molecular flexibility index (Phi) is 10.7. The molecule has 3 rings (SSSR count). The van der Waals surface area contributed by atoms with Crippen molar-refractivity contribution in [3.8, 4) is 5.75 Å². The van der Waals surface area contributed by atoms with E-state index in [-0.39, 0.29) is 29.1 Å². The molecule has 0 aliphatic heterocycles. The van der Waals surface area contributed by atoms with Gasteiger partial charge in [0.1, 0.15) is 24.2 Å². The van der Waals surface area contributed by atoms with E-state index in [0.29, 0.717) is 12.2 Å². The Morgan fingerprint density at radius 3 is 2.25 bits per heavy atom. The van der Waals surface area contributed by atoms with Crippen molar-refractivity contribution in [2.24, 2.45) is 0 Å². The number of hydrogen-bond acceptors (Lipinski definition) is 5. The van der Waals surface area contributed by atoms with E-state index in [1.807, 2.05) is 38.1 Å². The van der Waals surface area contributed by atoms with Crippen molar-refractivity contribution in [2.45, 2.75) is 50.7 Å². The van der Waals surface area contributed by atoms with Crippen LogP contribution in [0.2, 0.25) is 0 Å².